The van der Waals surface area contributed by atoms with Crippen LogP contribution in [0, 0.1) is 11.8 Å². The van der Waals surface area contributed by atoms with Crippen LogP contribution in [0.25, 0.3) is 0 Å². The molecule has 4 N–H and O–H groups in total. The molecule has 0 radical (unpaired) electrons. The van der Waals surface area contributed by atoms with E-state index >= 15 is 0 Å². The summed E-state index contributed by atoms with van der Waals surface area (Å²) in [6.45, 7) is 0. The topological polar surface area (TPSA) is 119 Å². The van der Waals surface area contributed by atoms with Crippen LogP contribution in [-0.2, 0) is 26.3 Å². The van der Waals surface area contributed by atoms with E-state index in [1.165, 1.54) is 17.0 Å². The number of nitrogens with one attached hydrogen (secondary N) is 2. The molecule has 4 atom stereocenters. The maximum Gasteiger partial charge on any atom is 0.250 e. The number of aromatic hydroxyl groups is 2. The Hall–Kier alpha value is -3.39. The lowest BCUT2D eigenvalue weighted by atomic mass is 9.76. The lowest BCUT2D eigenvalue weighted by Gasteiger charge is -2.32. The van der Waals surface area contributed by atoms with Crippen LogP contribution in [-0.4, -0.2) is 44.9 Å². The fraction of sp³-hybridized carbons (Fsp3) is 0.444. The molecule has 0 unspecified atom stereocenters. The third-order valence-corrected chi connectivity index (χ3v) is 8.34. The van der Waals surface area contributed by atoms with Crippen molar-refractivity contribution in [1.82, 2.24) is 10.2 Å². The fourth-order valence-electron chi connectivity index (χ4n) is 6.78. The number of phenols is 2. The summed E-state index contributed by atoms with van der Waals surface area (Å²) >= 11 is 0. The SMILES string of the molecule is O=C1[C@H]2[C@@H](C(=O)N1C1CCCCCC1)[C@@]1(N[C@@H]2Cc2ccc(O)c(O)c2)C(=O)Nc2ccccc21. The molecule has 2 aromatic rings. The first kappa shape index (κ1) is 22.1. The summed E-state index contributed by atoms with van der Waals surface area (Å²) in [5.41, 5.74) is 0.727. The van der Waals surface area contributed by atoms with Crippen molar-refractivity contribution in [2.45, 2.75) is 62.6 Å². The Morgan fingerprint density at radius 2 is 1.66 bits per heavy atom. The number of phenolic OH excluding ortho intramolecular Hbond substituents is 2. The van der Waals surface area contributed by atoms with Crippen molar-refractivity contribution in [3.05, 3.63) is 53.6 Å². The number of hydrogen-bond acceptors (Lipinski definition) is 6. The highest BCUT2D eigenvalue weighted by molar-refractivity contribution is 6.15. The van der Waals surface area contributed by atoms with Crippen molar-refractivity contribution in [2.24, 2.45) is 11.8 Å². The highest BCUT2D eigenvalue weighted by Gasteiger charge is 2.70. The van der Waals surface area contributed by atoms with Gasteiger partial charge in [-0.1, -0.05) is 49.9 Å². The second kappa shape index (κ2) is 8.09. The minimum absolute atomic E-state index is 0.127. The molecule has 3 heterocycles. The molecule has 3 fully saturated rings. The van der Waals surface area contributed by atoms with E-state index in [9.17, 15) is 24.6 Å². The normalized spacial score (nSPS) is 30.5. The van der Waals surface area contributed by atoms with Gasteiger partial charge >= 0.3 is 0 Å². The predicted molar refractivity (Wildman–Crippen MR) is 127 cm³/mol. The van der Waals surface area contributed by atoms with Gasteiger partial charge in [0.25, 0.3) is 0 Å². The van der Waals surface area contributed by atoms with Crippen LogP contribution in [0.2, 0.25) is 0 Å². The third-order valence-electron chi connectivity index (χ3n) is 8.34. The van der Waals surface area contributed by atoms with Crippen LogP contribution >= 0.6 is 0 Å². The lowest BCUT2D eigenvalue weighted by Crippen LogP contribution is -2.54. The lowest BCUT2D eigenvalue weighted by molar-refractivity contribution is -0.145. The third kappa shape index (κ3) is 3.19. The molecule has 8 heteroatoms. The summed E-state index contributed by atoms with van der Waals surface area (Å²) in [6.07, 6.45) is 6.11. The second-order valence-electron chi connectivity index (χ2n) is 10.3. The number of amides is 3. The molecular formula is C27H29N3O5. The Labute approximate surface area is 203 Å². The summed E-state index contributed by atoms with van der Waals surface area (Å²) in [6, 6.07) is 11.3. The Kier molecular flexibility index (Phi) is 5.11. The van der Waals surface area contributed by atoms with E-state index < -0.39 is 23.4 Å². The van der Waals surface area contributed by atoms with E-state index in [1.54, 1.807) is 6.07 Å². The molecule has 8 nitrogen and oxygen atoms in total. The van der Waals surface area contributed by atoms with Gasteiger partial charge in [0.2, 0.25) is 17.7 Å². The number of para-hydroxylation sites is 1. The number of likely N-dealkylation sites (tertiary alicyclic amines) is 1. The summed E-state index contributed by atoms with van der Waals surface area (Å²) < 4.78 is 0. The summed E-state index contributed by atoms with van der Waals surface area (Å²) in [5, 5.41) is 26.1. The van der Waals surface area contributed by atoms with Crippen molar-refractivity contribution in [3.63, 3.8) is 0 Å². The molecule has 1 aliphatic carbocycles. The Morgan fingerprint density at radius 1 is 0.914 bits per heavy atom. The van der Waals surface area contributed by atoms with Crippen molar-refractivity contribution >= 4 is 23.4 Å². The van der Waals surface area contributed by atoms with E-state index in [-0.39, 0.29) is 35.3 Å². The van der Waals surface area contributed by atoms with Gasteiger partial charge in [0.15, 0.2) is 11.5 Å². The van der Waals surface area contributed by atoms with Crippen LogP contribution in [0.3, 0.4) is 0 Å². The number of hydrogen-bond donors (Lipinski definition) is 4. The van der Waals surface area contributed by atoms with Gasteiger partial charge in [-0.2, -0.15) is 0 Å². The minimum Gasteiger partial charge on any atom is -0.504 e. The number of carbonyl (C=O) groups is 3. The molecular weight excluding hydrogens is 446 g/mol. The van der Waals surface area contributed by atoms with E-state index in [4.69, 9.17) is 0 Å². The quantitative estimate of drug-likeness (QED) is 0.308. The molecule has 3 amide bonds. The van der Waals surface area contributed by atoms with Crippen molar-refractivity contribution < 1.29 is 24.6 Å². The molecule has 1 spiro atoms. The van der Waals surface area contributed by atoms with Crippen molar-refractivity contribution in [3.8, 4) is 11.5 Å². The zero-order chi connectivity index (χ0) is 24.3. The fourth-order valence-corrected chi connectivity index (χ4v) is 6.78. The summed E-state index contributed by atoms with van der Waals surface area (Å²) in [5.74, 6) is -2.78. The number of benzene rings is 2. The van der Waals surface area contributed by atoms with Gasteiger partial charge in [0.1, 0.15) is 5.54 Å². The van der Waals surface area contributed by atoms with Gasteiger partial charge in [0.05, 0.1) is 11.8 Å². The first-order chi connectivity index (χ1) is 16.9. The van der Waals surface area contributed by atoms with E-state index in [2.05, 4.69) is 10.6 Å². The predicted octanol–water partition coefficient (Wildman–Crippen LogP) is 2.78. The molecule has 6 rings (SSSR count). The molecule has 0 aromatic heterocycles. The van der Waals surface area contributed by atoms with Crippen LogP contribution in [0.5, 0.6) is 11.5 Å². The number of anilines is 1. The standard InChI is InChI=1S/C27H29N3O5/c31-20-12-11-15(14-21(20)32)13-19-22-23(25(34)30(24(22)33)16-7-3-1-2-4-8-16)27(29-19)17-9-5-6-10-18(17)28-26(27)35/h5-6,9-12,14,16,19,22-23,29,31-32H,1-4,7-8,13H2,(H,28,35)/t19-,22-,23+,27-/m1/s1. The van der Waals surface area contributed by atoms with Gasteiger partial charge in [-0.3, -0.25) is 24.6 Å². The van der Waals surface area contributed by atoms with Gasteiger partial charge < -0.3 is 15.5 Å². The van der Waals surface area contributed by atoms with E-state index in [0.717, 1.165) is 38.5 Å². The first-order valence-electron chi connectivity index (χ1n) is 12.5. The second-order valence-corrected chi connectivity index (χ2v) is 10.3. The maximum absolute atomic E-state index is 14.0. The van der Waals surface area contributed by atoms with Gasteiger partial charge in [0, 0.05) is 23.3 Å². The van der Waals surface area contributed by atoms with E-state index in [1.807, 2.05) is 24.3 Å². The minimum atomic E-state index is -1.32. The molecule has 3 aliphatic heterocycles. The average molecular weight is 476 g/mol. The van der Waals surface area contributed by atoms with Gasteiger partial charge in [-0.05, 0) is 43.0 Å². The zero-order valence-electron chi connectivity index (χ0n) is 19.4. The van der Waals surface area contributed by atoms with Gasteiger partial charge in [-0.25, -0.2) is 0 Å². The highest BCUT2D eigenvalue weighted by Crippen LogP contribution is 2.54. The number of fused-ring (bicyclic) bond motifs is 4. The summed E-state index contributed by atoms with van der Waals surface area (Å²) in [7, 11) is 0. The van der Waals surface area contributed by atoms with Crippen LogP contribution in [0.15, 0.2) is 42.5 Å². The number of nitrogens with zero attached hydrogens (tertiary/aromatic N) is 1. The van der Waals surface area contributed by atoms with Crippen molar-refractivity contribution in [1.29, 1.82) is 0 Å². The van der Waals surface area contributed by atoms with Crippen LogP contribution < -0.4 is 10.6 Å². The van der Waals surface area contributed by atoms with E-state index in [0.29, 0.717) is 23.2 Å². The monoisotopic (exact) mass is 475 g/mol. The molecule has 2 saturated heterocycles. The summed E-state index contributed by atoms with van der Waals surface area (Å²) in [4.78, 5) is 43.0. The molecule has 0 bridgehead atoms. The molecule has 182 valence electrons. The highest BCUT2D eigenvalue weighted by atomic mass is 16.3. The molecule has 35 heavy (non-hydrogen) atoms. The molecule has 4 aliphatic rings. The Morgan fingerprint density at radius 3 is 2.40 bits per heavy atom. The van der Waals surface area contributed by atoms with Crippen molar-refractivity contribution in [2.75, 3.05) is 5.32 Å². The Balaban J connectivity index is 1.44. The molecule has 2 aromatic carbocycles. The smallest absolute Gasteiger partial charge is 0.250 e. The van der Waals surface area contributed by atoms with Gasteiger partial charge in [-0.15, -0.1) is 0 Å². The Bertz CT molecular complexity index is 1220. The average Bonchev–Trinajstić information content (AvgIpc) is 3.30. The first-order valence-corrected chi connectivity index (χ1v) is 12.5. The van der Waals surface area contributed by atoms with Crippen LogP contribution in [0.4, 0.5) is 5.69 Å². The van der Waals surface area contributed by atoms with Crippen LogP contribution in [0.1, 0.15) is 49.7 Å². The number of carbonyl (C=O) groups excluding carboxylic acids is 3. The number of rotatable bonds is 3. The maximum atomic E-state index is 14.0. The number of imide groups is 1. The largest absolute Gasteiger partial charge is 0.504 e. The molecule has 1 saturated carbocycles. The zero-order valence-corrected chi connectivity index (χ0v) is 19.4.